The van der Waals surface area contributed by atoms with Gasteiger partial charge in [-0.25, -0.2) is 0 Å². The van der Waals surface area contributed by atoms with Crippen molar-refractivity contribution >= 4 is 23.1 Å². The standard InChI is InChI=1S/C12H14ClN3S/c1-2-7-14-12(11-8-15-16-17-11)9-5-3-4-6-10(9)13/h3-6,8,12,14H,2,7H2,1H3. The molecule has 0 bridgehead atoms. The van der Waals surface area contributed by atoms with Gasteiger partial charge in [0.25, 0.3) is 0 Å². The van der Waals surface area contributed by atoms with Crippen LogP contribution in [0, 0.1) is 0 Å². The van der Waals surface area contributed by atoms with Crippen LogP contribution >= 0.6 is 23.1 Å². The van der Waals surface area contributed by atoms with Crippen molar-refractivity contribution in [3.05, 3.63) is 45.9 Å². The van der Waals surface area contributed by atoms with Crippen LogP contribution in [0.15, 0.2) is 30.5 Å². The fraction of sp³-hybridized carbons (Fsp3) is 0.333. The molecule has 1 unspecified atom stereocenters. The number of aromatic nitrogens is 2. The summed E-state index contributed by atoms with van der Waals surface area (Å²) in [6.07, 6.45) is 2.87. The van der Waals surface area contributed by atoms with Gasteiger partial charge < -0.3 is 5.32 Å². The third-order valence-electron chi connectivity index (χ3n) is 2.48. The first-order valence-electron chi connectivity index (χ1n) is 5.58. The molecule has 2 aromatic rings. The van der Waals surface area contributed by atoms with E-state index in [0.29, 0.717) is 0 Å². The summed E-state index contributed by atoms with van der Waals surface area (Å²) in [7, 11) is 0. The first-order valence-corrected chi connectivity index (χ1v) is 6.73. The minimum atomic E-state index is 0.0867. The van der Waals surface area contributed by atoms with E-state index in [1.54, 1.807) is 6.20 Å². The van der Waals surface area contributed by atoms with E-state index < -0.39 is 0 Å². The summed E-state index contributed by atoms with van der Waals surface area (Å²) < 4.78 is 3.91. The van der Waals surface area contributed by atoms with E-state index >= 15 is 0 Å². The van der Waals surface area contributed by atoms with Crippen molar-refractivity contribution < 1.29 is 0 Å². The normalized spacial score (nSPS) is 12.6. The number of benzene rings is 1. The van der Waals surface area contributed by atoms with Crippen molar-refractivity contribution in [3.8, 4) is 0 Å². The molecule has 0 saturated heterocycles. The van der Waals surface area contributed by atoms with Crippen LogP contribution in [0.5, 0.6) is 0 Å². The third-order valence-corrected chi connectivity index (χ3v) is 3.55. The van der Waals surface area contributed by atoms with Gasteiger partial charge in [0.05, 0.1) is 17.1 Å². The van der Waals surface area contributed by atoms with Gasteiger partial charge in [-0.3, -0.25) is 0 Å². The van der Waals surface area contributed by atoms with Crippen LogP contribution in [-0.4, -0.2) is 16.1 Å². The maximum absolute atomic E-state index is 6.24. The number of halogens is 1. The zero-order valence-electron chi connectivity index (χ0n) is 9.56. The molecule has 0 saturated carbocycles. The van der Waals surface area contributed by atoms with Gasteiger partial charge in [0.1, 0.15) is 0 Å². The lowest BCUT2D eigenvalue weighted by Gasteiger charge is -2.17. The Morgan fingerprint density at radius 1 is 1.41 bits per heavy atom. The topological polar surface area (TPSA) is 37.8 Å². The third kappa shape index (κ3) is 3.03. The highest BCUT2D eigenvalue weighted by Gasteiger charge is 2.17. The van der Waals surface area contributed by atoms with Crippen LogP contribution < -0.4 is 5.32 Å². The van der Waals surface area contributed by atoms with Crippen LogP contribution in [0.1, 0.15) is 29.8 Å². The summed E-state index contributed by atoms with van der Waals surface area (Å²) in [5, 5.41) is 8.14. The van der Waals surface area contributed by atoms with Gasteiger partial charge in [-0.05, 0) is 36.1 Å². The van der Waals surface area contributed by atoms with E-state index in [-0.39, 0.29) is 6.04 Å². The zero-order chi connectivity index (χ0) is 12.1. The molecule has 1 aromatic carbocycles. The molecule has 1 N–H and O–H groups in total. The highest BCUT2D eigenvalue weighted by molar-refractivity contribution is 7.05. The molecule has 0 fully saturated rings. The van der Waals surface area contributed by atoms with Gasteiger partial charge in [-0.2, -0.15) is 0 Å². The summed E-state index contributed by atoms with van der Waals surface area (Å²) in [4.78, 5) is 1.09. The Hall–Kier alpha value is -0.970. The van der Waals surface area contributed by atoms with E-state index in [0.717, 1.165) is 28.4 Å². The molecule has 0 aliphatic carbocycles. The van der Waals surface area contributed by atoms with Crippen molar-refractivity contribution in [2.75, 3.05) is 6.54 Å². The number of hydrogen-bond acceptors (Lipinski definition) is 4. The number of hydrogen-bond donors (Lipinski definition) is 1. The van der Waals surface area contributed by atoms with Crippen LogP contribution in [0.2, 0.25) is 5.02 Å². The Bertz CT molecular complexity index is 459. The molecule has 0 aliphatic heterocycles. The van der Waals surface area contributed by atoms with E-state index in [2.05, 4.69) is 21.8 Å². The molecular weight excluding hydrogens is 254 g/mol. The molecule has 0 aliphatic rings. The van der Waals surface area contributed by atoms with E-state index in [4.69, 9.17) is 11.6 Å². The van der Waals surface area contributed by atoms with E-state index in [1.165, 1.54) is 11.5 Å². The number of rotatable bonds is 5. The lowest BCUT2D eigenvalue weighted by molar-refractivity contribution is 0.605. The molecule has 1 aromatic heterocycles. The zero-order valence-corrected chi connectivity index (χ0v) is 11.1. The molecule has 2 rings (SSSR count). The van der Waals surface area contributed by atoms with Crippen molar-refractivity contribution in [1.29, 1.82) is 0 Å². The molecule has 5 heteroatoms. The molecule has 1 heterocycles. The highest BCUT2D eigenvalue weighted by atomic mass is 35.5. The van der Waals surface area contributed by atoms with Crippen LogP contribution in [0.4, 0.5) is 0 Å². The molecular formula is C12H14ClN3S. The second-order valence-electron chi connectivity index (χ2n) is 3.73. The van der Waals surface area contributed by atoms with Crippen LogP contribution in [-0.2, 0) is 0 Å². The fourth-order valence-corrected chi connectivity index (χ4v) is 2.51. The minimum Gasteiger partial charge on any atom is -0.305 e. The molecule has 0 radical (unpaired) electrons. The highest BCUT2D eigenvalue weighted by Crippen LogP contribution is 2.29. The van der Waals surface area contributed by atoms with E-state index in [9.17, 15) is 0 Å². The van der Waals surface area contributed by atoms with Gasteiger partial charge in [-0.15, -0.1) is 5.10 Å². The second-order valence-corrected chi connectivity index (χ2v) is 4.95. The average molecular weight is 268 g/mol. The predicted octanol–water partition coefficient (Wildman–Crippen LogP) is 3.28. The van der Waals surface area contributed by atoms with Gasteiger partial charge in [-0.1, -0.05) is 41.2 Å². The molecule has 0 spiro atoms. The summed E-state index contributed by atoms with van der Waals surface area (Å²) >= 11 is 7.64. The summed E-state index contributed by atoms with van der Waals surface area (Å²) in [5.41, 5.74) is 1.08. The Balaban J connectivity index is 2.30. The minimum absolute atomic E-state index is 0.0867. The van der Waals surface area contributed by atoms with Gasteiger partial charge in [0, 0.05) is 5.02 Å². The molecule has 3 nitrogen and oxygen atoms in total. The van der Waals surface area contributed by atoms with Crippen molar-refractivity contribution in [2.24, 2.45) is 0 Å². The fourth-order valence-electron chi connectivity index (χ4n) is 1.66. The summed E-state index contributed by atoms with van der Waals surface area (Å²) in [5.74, 6) is 0. The summed E-state index contributed by atoms with van der Waals surface area (Å²) in [6, 6.07) is 7.97. The lowest BCUT2D eigenvalue weighted by Crippen LogP contribution is -2.22. The second kappa shape index (κ2) is 6.10. The number of nitrogens with zero attached hydrogens (tertiary/aromatic N) is 2. The lowest BCUT2D eigenvalue weighted by atomic mass is 10.1. The van der Waals surface area contributed by atoms with Crippen molar-refractivity contribution in [3.63, 3.8) is 0 Å². The maximum atomic E-state index is 6.24. The average Bonchev–Trinajstić information content (AvgIpc) is 2.85. The Morgan fingerprint density at radius 2 is 2.24 bits per heavy atom. The Kier molecular flexibility index (Phi) is 4.48. The maximum Gasteiger partial charge on any atom is 0.0718 e. The first kappa shape index (κ1) is 12.5. The van der Waals surface area contributed by atoms with Crippen LogP contribution in [0.3, 0.4) is 0 Å². The van der Waals surface area contributed by atoms with Gasteiger partial charge >= 0.3 is 0 Å². The number of nitrogens with one attached hydrogen (secondary N) is 1. The smallest absolute Gasteiger partial charge is 0.0718 e. The molecule has 1 atom stereocenters. The Labute approximate surface area is 110 Å². The predicted molar refractivity (Wildman–Crippen MR) is 71.5 cm³/mol. The van der Waals surface area contributed by atoms with Crippen molar-refractivity contribution in [1.82, 2.24) is 14.9 Å². The molecule has 17 heavy (non-hydrogen) atoms. The quantitative estimate of drug-likeness (QED) is 0.903. The molecule has 0 amide bonds. The van der Waals surface area contributed by atoms with Crippen molar-refractivity contribution in [2.45, 2.75) is 19.4 Å². The SMILES string of the molecule is CCCNC(c1cnns1)c1ccccc1Cl. The first-order chi connectivity index (χ1) is 8.33. The van der Waals surface area contributed by atoms with Gasteiger partial charge in [0.15, 0.2) is 0 Å². The van der Waals surface area contributed by atoms with Gasteiger partial charge in [0.2, 0.25) is 0 Å². The molecule has 90 valence electrons. The monoisotopic (exact) mass is 267 g/mol. The largest absolute Gasteiger partial charge is 0.305 e. The van der Waals surface area contributed by atoms with Crippen LogP contribution in [0.25, 0.3) is 0 Å². The Morgan fingerprint density at radius 3 is 2.88 bits per heavy atom. The summed E-state index contributed by atoms with van der Waals surface area (Å²) in [6.45, 7) is 3.08. The van der Waals surface area contributed by atoms with E-state index in [1.807, 2.05) is 24.3 Å².